The minimum absolute atomic E-state index is 0.141. The van der Waals surface area contributed by atoms with Gasteiger partial charge in [-0.05, 0) is 57.5 Å². The molecule has 1 aliphatic carbocycles. The fourth-order valence-corrected chi connectivity index (χ4v) is 12.1. The van der Waals surface area contributed by atoms with E-state index in [-0.39, 0.29) is 11.6 Å². The average Bonchev–Trinajstić information content (AvgIpc) is 3.23. The molecule has 0 saturated carbocycles. The van der Waals surface area contributed by atoms with Crippen LogP contribution < -0.4 is 10.4 Å². The van der Waals surface area contributed by atoms with Crippen LogP contribution in [-0.4, -0.2) is 43.9 Å². The van der Waals surface area contributed by atoms with E-state index < -0.39 is 32.3 Å². The molecular formula is C39H45NO2Si4. The summed E-state index contributed by atoms with van der Waals surface area (Å²) < 4.78 is 0. The lowest BCUT2D eigenvalue weighted by Gasteiger charge is -2.31. The van der Waals surface area contributed by atoms with Crippen LogP contribution in [0.2, 0.25) is 78.6 Å². The second-order valence-electron chi connectivity index (χ2n) is 15.7. The van der Waals surface area contributed by atoms with Crippen LogP contribution in [0.25, 0.3) is 11.1 Å². The van der Waals surface area contributed by atoms with Crippen LogP contribution in [0.1, 0.15) is 37.4 Å². The third kappa shape index (κ3) is 9.07. The fraction of sp³-hybridized carbons (Fsp3) is 0.308. The highest BCUT2D eigenvalue weighted by atomic mass is 28.3. The molecule has 1 aliphatic rings. The molecule has 0 unspecified atom stereocenters. The Kier molecular flexibility index (Phi) is 11.0. The largest absolute Gasteiger partial charge is 0.289 e. The molecular weight excluding hydrogens is 627 g/mol. The molecule has 0 spiro atoms. The van der Waals surface area contributed by atoms with Crippen molar-refractivity contribution in [3.63, 3.8) is 0 Å². The Bertz CT molecular complexity index is 1940. The van der Waals surface area contributed by atoms with Crippen molar-refractivity contribution in [2.45, 2.75) is 78.6 Å². The summed E-state index contributed by atoms with van der Waals surface area (Å²) in [6, 6.07) is 19.5. The monoisotopic (exact) mass is 671 g/mol. The first-order valence-electron chi connectivity index (χ1n) is 15.6. The van der Waals surface area contributed by atoms with Gasteiger partial charge in [-0.25, -0.2) is 0 Å². The molecule has 0 amide bonds. The highest BCUT2D eigenvalue weighted by Gasteiger charge is 2.39. The van der Waals surface area contributed by atoms with E-state index in [1.54, 1.807) is 6.07 Å². The van der Waals surface area contributed by atoms with E-state index in [2.05, 4.69) is 119 Å². The zero-order valence-electron chi connectivity index (χ0n) is 29.5. The number of nitriles is 1. The Hall–Kier alpha value is -3.96. The van der Waals surface area contributed by atoms with Crippen LogP contribution in [0.15, 0.2) is 54.6 Å². The Morgan fingerprint density at radius 2 is 1.17 bits per heavy atom. The molecule has 3 aromatic rings. The quantitative estimate of drug-likeness (QED) is 0.127. The molecule has 7 heteroatoms. The molecule has 0 aromatic heterocycles. The molecule has 234 valence electrons. The van der Waals surface area contributed by atoms with Crippen LogP contribution in [0.5, 0.6) is 0 Å². The van der Waals surface area contributed by atoms with Crippen molar-refractivity contribution in [3.8, 4) is 52.0 Å². The lowest BCUT2D eigenvalue weighted by molar-refractivity contribution is 0.104. The molecule has 0 atom stereocenters. The number of fused-ring (bicyclic) bond motifs is 3. The van der Waals surface area contributed by atoms with Gasteiger partial charge in [0.05, 0.1) is 27.8 Å². The number of hydrogen-bond donors (Lipinski definition) is 0. The molecule has 3 nitrogen and oxygen atoms in total. The Morgan fingerprint density at radius 3 is 1.72 bits per heavy atom. The second kappa shape index (κ2) is 13.8. The third-order valence-corrected chi connectivity index (χ3v) is 13.1. The first kappa shape index (κ1) is 36.5. The van der Waals surface area contributed by atoms with E-state index in [0.29, 0.717) is 11.1 Å². The van der Waals surface area contributed by atoms with Gasteiger partial charge in [-0.3, -0.25) is 9.59 Å². The lowest BCUT2D eigenvalue weighted by Crippen LogP contribution is -2.59. The smallest absolute Gasteiger partial charge is 0.236 e. The Morgan fingerprint density at radius 1 is 0.630 bits per heavy atom. The summed E-state index contributed by atoms with van der Waals surface area (Å²) in [6.07, 6.45) is 0. The van der Waals surface area contributed by atoms with Gasteiger partial charge in [0, 0.05) is 22.3 Å². The molecule has 0 heterocycles. The van der Waals surface area contributed by atoms with Crippen molar-refractivity contribution in [2.24, 2.45) is 0 Å². The zero-order valence-corrected chi connectivity index (χ0v) is 33.5. The number of rotatable bonds is 3. The summed E-state index contributed by atoms with van der Waals surface area (Å²) in [5, 5.41) is 12.2. The van der Waals surface area contributed by atoms with E-state index in [0.717, 1.165) is 27.8 Å². The van der Waals surface area contributed by atoms with Crippen molar-refractivity contribution in [2.75, 3.05) is 0 Å². The minimum atomic E-state index is -1.81. The summed E-state index contributed by atoms with van der Waals surface area (Å²) in [6.45, 7) is 26.5. The number of nitrogens with zero attached hydrogens (tertiary/aromatic N) is 1. The summed E-state index contributed by atoms with van der Waals surface area (Å²) in [4.78, 5) is 25.4. The molecule has 4 rings (SSSR count). The average molecular weight is 672 g/mol. The SMILES string of the molecule is C[Si](C)(C)C#CC#Cc1ccccc1C(=O)C#C[Si](C)(C)C.C[Si](C)(C)c1c(C#N)cc2c(c1[Si](C)(C)C)C(=O)c1ccccc1-2. The topological polar surface area (TPSA) is 57.9 Å². The number of hydrogen-bond acceptors (Lipinski definition) is 3. The van der Waals surface area contributed by atoms with Gasteiger partial charge in [-0.2, -0.15) is 5.26 Å². The number of carbonyl (C=O) groups excluding carboxylic acids is 2. The van der Waals surface area contributed by atoms with Crippen LogP contribution >= 0.6 is 0 Å². The predicted molar refractivity (Wildman–Crippen MR) is 206 cm³/mol. The van der Waals surface area contributed by atoms with Crippen molar-refractivity contribution in [3.05, 3.63) is 82.4 Å². The minimum Gasteiger partial charge on any atom is -0.289 e. The molecule has 3 aromatic carbocycles. The van der Waals surface area contributed by atoms with Crippen LogP contribution in [0.3, 0.4) is 0 Å². The third-order valence-electron chi connectivity index (χ3n) is 7.06. The maximum Gasteiger partial charge on any atom is 0.236 e. The predicted octanol–water partition coefficient (Wildman–Crippen LogP) is 7.84. The van der Waals surface area contributed by atoms with Crippen molar-refractivity contribution >= 4 is 54.2 Å². The normalized spacial score (nSPS) is 11.9. The maximum absolute atomic E-state index is 13.2. The van der Waals surface area contributed by atoms with Crippen LogP contribution in [-0.2, 0) is 0 Å². The van der Waals surface area contributed by atoms with Gasteiger partial charge in [-0.15, -0.1) is 11.1 Å². The van der Waals surface area contributed by atoms with Gasteiger partial charge in [0.2, 0.25) is 5.78 Å². The van der Waals surface area contributed by atoms with E-state index in [4.69, 9.17) is 0 Å². The highest BCUT2D eigenvalue weighted by molar-refractivity contribution is 6.99. The van der Waals surface area contributed by atoms with Gasteiger partial charge < -0.3 is 0 Å². The fourth-order valence-electron chi connectivity index (χ4n) is 5.22. The second-order valence-corrected chi connectivity index (χ2v) is 35.2. The van der Waals surface area contributed by atoms with E-state index in [9.17, 15) is 14.9 Å². The van der Waals surface area contributed by atoms with Gasteiger partial charge in [0.15, 0.2) is 5.78 Å². The van der Waals surface area contributed by atoms with Crippen LogP contribution in [0, 0.1) is 46.1 Å². The molecule has 0 saturated heterocycles. The lowest BCUT2D eigenvalue weighted by atomic mass is 10.0. The molecule has 0 aliphatic heterocycles. The standard InChI is InChI=1S/C20H23NOSi2.C19H22OSi2/c1-23(2,3)19-13(12-21)11-16-14-9-7-8-10-15(14)18(22)17(16)20(19)24(4,5)6;1-21(2,3)15-10-9-12-17-11-7-8-13-18(17)19(20)14-16-22(4,5)6/h7-11H,1-6H3;7-8,11,13H,1-6H3. The zero-order chi connectivity index (χ0) is 34.7. The molecule has 0 bridgehead atoms. The molecule has 0 radical (unpaired) electrons. The van der Waals surface area contributed by atoms with Crippen molar-refractivity contribution in [1.29, 1.82) is 5.26 Å². The van der Waals surface area contributed by atoms with E-state index >= 15 is 0 Å². The number of Topliss-reactive ketones (excluding diaryl/α,β-unsaturated/α-hetero) is 1. The molecule has 46 heavy (non-hydrogen) atoms. The van der Waals surface area contributed by atoms with E-state index in [1.165, 1.54) is 10.4 Å². The van der Waals surface area contributed by atoms with Crippen molar-refractivity contribution in [1.82, 2.24) is 0 Å². The molecule has 0 fully saturated rings. The number of ketones is 2. The molecule has 0 N–H and O–H groups in total. The van der Waals surface area contributed by atoms with Crippen molar-refractivity contribution < 1.29 is 9.59 Å². The Labute approximate surface area is 280 Å². The Balaban J connectivity index is 0.000000252. The summed E-state index contributed by atoms with van der Waals surface area (Å²) in [5.74, 6) is 11.5. The van der Waals surface area contributed by atoms with Gasteiger partial charge in [0.1, 0.15) is 16.1 Å². The van der Waals surface area contributed by atoms with Gasteiger partial charge in [0.25, 0.3) is 0 Å². The maximum atomic E-state index is 13.2. The summed E-state index contributed by atoms with van der Waals surface area (Å²) in [7, 11) is -6.55. The van der Waals surface area contributed by atoms with Gasteiger partial charge >= 0.3 is 0 Å². The number of carbonyl (C=O) groups is 2. The van der Waals surface area contributed by atoms with E-state index in [1.807, 2.05) is 48.5 Å². The highest BCUT2D eigenvalue weighted by Crippen LogP contribution is 2.37. The van der Waals surface area contributed by atoms with Crippen LogP contribution in [0.4, 0.5) is 0 Å². The summed E-state index contributed by atoms with van der Waals surface area (Å²) in [5.41, 5.74) is 11.9. The first-order chi connectivity index (χ1) is 21.2. The summed E-state index contributed by atoms with van der Waals surface area (Å²) >= 11 is 0. The first-order valence-corrected chi connectivity index (χ1v) is 29.6. The number of benzene rings is 3. The van der Waals surface area contributed by atoms with Gasteiger partial charge in [-0.1, -0.05) is 121 Å².